The summed E-state index contributed by atoms with van der Waals surface area (Å²) in [6.07, 6.45) is 7.67. The Balaban J connectivity index is 1.30. The number of carbonyl (C=O) groups excluding carboxylic acids is 2. The van der Waals surface area contributed by atoms with Gasteiger partial charge >= 0.3 is 0 Å². The van der Waals surface area contributed by atoms with Crippen molar-refractivity contribution in [2.75, 3.05) is 25.0 Å². The standard InChI is InChI=1S/C22H25ClN6O4S4/c23-21-25-19(27-36-21)16-6-7-18(35-16)37(32,33)28-9-10-29(17(30)13-28)15(12-14-4-2-1-3-5-14)20(31)26-22-24-8-11-34-22/h6-8,11,14-15H,1-5,9-10,12-13H2,(H,24,26,31). The maximum absolute atomic E-state index is 13.3. The first-order valence-corrected chi connectivity index (χ1v) is 16.2. The lowest BCUT2D eigenvalue weighted by Crippen LogP contribution is -2.58. The molecule has 0 spiro atoms. The zero-order chi connectivity index (χ0) is 26.0. The molecule has 4 heterocycles. The molecule has 2 fully saturated rings. The number of hydrogen-bond donors (Lipinski definition) is 1. The molecule has 37 heavy (non-hydrogen) atoms. The number of carbonyl (C=O) groups is 2. The van der Waals surface area contributed by atoms with Gasteiger partial charge in [0.25, 0.3) is 10.0 Å². The van der Waals surface area contributed by atoms with E-state index in [2.05, 4.69) is 19.7 Å². The van der Waals surface area contributed by atoms with Crippen molar-refractivity contribution in [2.24, 2.45) is 5.92 Å². The van der Waals surface area contributed by atoms with Gasteiger partial charge in [-0.3, -0.25) is 9.59 Å². The first kappa shape index (κ1) is 26.6. The molecule has 1 atom stereocenters. The largest absolute Gasteiger partial charge is 0.328 e. The topological polar surface area (TPSA) is 125 Å². The van der Waals surface area contributed by atoms with Crippen molar-refractivity contribution in [1.29, 1.82) is 0 Å². The van der Waals surface area contributed by atoms with Crippen LogP contribution in [0.3, 0.4) is 0 Å². The summed E-state index contributed by atoms with van der Waals surface area (Å²) in [5.74, 6) is 0.0732. The molecule has 5 rings (SSSR count). The molecule has 1 saturated heterocycles. The molecule has 1 saturated carbocycles. The van der Waals surface area contributed by atoms with Gasteiger partial charge in [0.1, 0.15) is 10.3 Å². The monoisotopic (exact) mass is 600 g/mol. The first-order valence-electron chi connectivity index (χ1n) is 11.9. The Morgan fingerprint density at radius 1 is 1.22 bits per heavy atom. The van der Waals surface area contributed by atoms with Crippen LogP contribution in [0.15, 0.2) is 27.9 Å². The van der Waals surface area contributed by atoms with Crippen LogP contribution < -0.4 is 5.32 Å². The third kappa shape index (κ3) is 6.04. The van der Waals surface area contributed by atoms with Gasteiger partial charge in [0.05, 0.1) is 11.4 Å². The molecule has 0 radical (unpaired) electrons. The van der Waals surface area contributed by atoms with Gasteiger partial charge in [-0.2, -0.15) is 8.68 Å². The third-order valence-corrected chi connectivity index (χ3v) is 11.5. The highest BCUT2D eigenvalue weighted by Gasteiger charge is 2.39. The van der Waals surface area contributed by atoms with Crippen molar-refractivity contribution in [1.82, 2.24) is 23.5 Å². The van der Waals surface area contributed by atoms with Crippen LogP contribution in [0.4, 0.5) is 5.13 Å². The molecule has 3 aromatic rings. The number of rotatable bonds is 8. The molecule has 1 N–H and O–H groups in total. The van der Waals surface area contributed by atoms with Gasteiger partial charge in [0.15, 0.2) is 11.0 Å². The molecule has 1 aliphatic carbocycles. The molecule has 0 bridgehead atoms. The maximum atomic E-state index is 13.3. The second kappa shape index (κ2) is 11.4. The van der Waals surface area contributed by atoms with E-state index in [4.69, 9.17) is 11.6 Å². The maximum Gasteiger partial charge on any atom is 0.253 e. The summed E-state index contributed by atoms with van der Waals surface area (Å²) in [6.45, 7) is -0.0714. The van der Waals surface area contributed by atoms with E-state index in [1.807, 2.05) is 0 Å². The van der Waals surface area contributed by atoms with E-state index >= 15 is 0 Å². The Morgan fingerprint density at radius 2 is 2.03 bits per heavy atom. The molecule has 0 aromatic carbocycles. The second-order valence-corrected chi connectivity index (χ2v) is 14.5. The van der Waals surface area contributed by atoms with Gasteiger partial charge in [-0.25, -0.2) is 18.4 Å². The van der Waals surface area contributed by atoms with Crippen LogP contribution in [0.25, 0.3) is 10.7 Å². The van der Waals surface area contributed by atoms with Crippen LogP contribution >= 0.6 is 45.8 Å². The molecule has 15 heteroatoms. The number of halogens is 1. The van der Waals surface area contributed by atoms with Gasteiger partial charge in [-0.1, -0.05) is 32.1 Å². The van der Waals surface area contributed by atoms with Crippen LogP contribution in [-0.2, 0) is 19.6 Å². The third-order valence-electron chi connectivity index (χ3n) is 6.64. The Labute approximate surface area is 231 Å². The number of hydrogen-bond acceptors (Lipinski definition) is 10. The lowest BCUT2D eigenvalue weighted by Gasteiger charge is -2.39. The number of amides is 2. The Bertz CT molecular complexity index is 1350. The zero-order valence-corrected chi connectivity index (χ0v) is 23.7. The van der Waals surface area contributed by atoms with Crippen LogP contribution in [0, 0.1) is 5.92 Å². The number of piperazine rings is 1. The number of sulfonamides is 1. The fourth-order valence-electron chi connectivity index (χ4n) is 4.80. The van der Waals surface area contributed by atoms with Gasteiger partial charge in [0, 0.05) is 24.7 Å². The van der Waals surface area contributed by atoms with E-state index < -0.39 is 16.1 Å². The number of nitrogens with one attached hydrogen (secondary N) is 1. The van der Waals surface area contributed by atoms with E-state index in [-0.39, 0.29) is 40.1 Å². The fraction of sp³-hybridized carbons (Fsp3) is 0.500. The molecule has 2 amide bonds. The molecule has 3 aromatic heterocycles. The molecule has 2 aliphatic rings. The SMILES string of the molecule is O=C(Nc1nccs1)C(CC1CCCCC1)N1CCN(S(=O)(=O)c2ccc(-c3nsc(Cl)n3)s2)CC1=O. The average molecular weight is 601 g/mol. The van der Waals surface area contributed by atoms with Crippen molar-refractivity contribution < 1.29 is 18.0 Å². The van der Waals surface area contributed by atoms with Crippen molar-refractivity contribution >= 4 is 72.8 Å². The highest BCUT2D eigenvalue weighted by atomic mass is 35.5. The van der Waals surface area contributed by atoms with Crippen molar-refractivity contribution in [3.8, 4) is 10.7 Å². The van der Waals surface area contributed by atoms with Crippen LogP contribution in [0.5, 0.6) is 0 Å². The molecule has 1 unspecified atom stereocenters. The summed E-state index contributed by atoms with van der Waals surface area (Å²) in [4.78, 5) is 36.9. The Morgan fingerprint density at radius 3 is 2.70 bits per heavy atom. The van der Waals surface area contributed by atoms with E-state index in [9.17, 15) is 18.0 Å². The average Bonchev–Trinajstić information content (AvgIpc) is 3.66. The normalized spacial score (nSPS) is 18.7. The van der Waals surface area contributed by atoms with E-state index in [0.29, 0.717) is 28.2 Å². The predicted octanol–water partition coefficient (Wildman–Crippen LogP) is 4.19. The highest BCUT2D eigenvalue weighted by Crippen LogP contribution is 2.34. The minimum absolute atomic E-state index is 0.105. The van der Waals surface area contributed by atoms with Crippen LogP contribution in [-0.4, -0.2) is 69.5 Å². The summed E-state index contributed by atoms with van der Waals surface area (Å²) < 4.78 is 32.4. The summed E-state index contributed by atoms with van der Waals surface area (Å²) in [5.41, 5.74) is 0. The lowest BCUT2D eigenvalue weighted by molar-refractivity contribution is -0.142. The molecular formula is C22H25ClN6O4S4. The van der Waals surface area contributed by atoms with Gasteiger partial charge in [-0.05, 0) is 47.6 Å². The quantitative estimate of drug-likeness (QED) is 0.411. The van der Waals surface area contributed by atoms with Crippen molar-refractivity contribution in [2.45, 2.75) is 48.8 Å². The van der Waals surface area contributed by atoms with Crippen LogP contribution in [0.1, 0.15) is 38.5 Å². The van der Waals surface area contributed by atoms with Gasteiger partial charge in [-0.15, -0.1) is 22.7 Å². The summed E-state index contributed by atoms with van der Waals surface area (Å²) in [6, 6.07) is 2.46. The van der Waals surface area contributed by atoms with Crippen molar-refractivity contribution in [3.63, 3.8) is 0 Å². The molecule has 1 aliphatic heterocycles. The Hall–Kier alpha value is -1.97. The Kier molecular flexibility index (Phi) is 8.22. The van der Waals surface area contributed by atoms with E-state index in [0.717, 1.165) is 48.6 Å². The van der Waals surface area contributed by atoms with Crippen LogP contribution in [0.2, 0.25) is 4.47 Å². The molecular weight excluding hydrogens is 576 g/mol. The minimum atomic E-state index is -3.90. The number of aromatic nitrogens is 3. The van der Waals surface area contributed by atoms with E-state index in [1.165, 1.54) is 28.1 Å². The first-order chi connectivity index (χ1) is 17.8. The number of anilines is 1. The van der Waals surface area contributed by atoms with Gasteiger partial charge in [0.2, 0.25) is 16.3 Å². The molecule has 10 nitrogen and oxygen atoms in total. The predicted molar refractivity (Wildman–Crippen MR) is 144 cm³/mol. The minimum Gasteiger partial charge on any atom is -0.328 e. The van der Waals surface area contributed by atoms with E-state index in [1.54, 1.807) is 22.5 Å². The second-order valence-electron chi connectivity index (χ2n) is 9.00. The number of thiophene rings is 1. The number of thiazole rings is 1. The smallest absolute Gasteiger partial charge is 0.253 e. The van der Waals surface area contributed by atoms with Crippen molar-refractivity contribution in [3.05, 3.63) is 28.2 Å². The summed E-state index contributed by atoms with van der Waals surface area (Å²) >= 11 is 9.24. The summed E-state index contributed by atoms with van der Waals surface area (Å²) in [5, 5.41) is 5.10. The number of nitrogens with zero attached hydrogens (tertiary/aromatic N) is 5. The lowest BCUT2D eigenvalue weighted by atomic mass is 9.84. The van der Waals surface area contributed by atoms with Gasteiger partial charge < -0.3 is 10.2 Å². The zero-order valence-electron chi connectivity index (χ0n) is 19.7. The summed E-state index contributed by atoms with van der Waals surface area (Å²) in [7, 11) is -3.90. The highest BCUT2D eigenvalue weighted by molar-refractivity contribution is 7.91. The fourth-order valence-corrected chi connectivity index (χ4v) is 8.78. The molecule has 198 valence electrons.